The number of nitrogens with zero attached hydrogens (tertiary/aromatic N) is 1. The Morgan fingerprint density at radius 1 is 1.18 bits per heavy atom. The Morgan fingerprint density at radius 2 is 1.85 bits per heavy atom. The van der Waals surface area contributed by atoms with Crippen LogP contribution in [0.5, 0.6) is 5.75 Å². The molecule has 1 heterocycles. The van der Waals surface area contributed by atoms with E-state index in [1.165, 1.54) is 24.3 Å². The molecule has 0 aliphatic carbocycles. The first-order valence-electron chi connectivity index (χ1n) is 9.26. The Bertz CT molecular complexity index is 1150. The number of oxazole rings is 1. The Balaban J connectivity index is 1.95. The highest BCUT2D eigenvalue weighted by molar-refractivity contribution is 7.98. The average molecular weight is 503 g/mol. The average Bonchev–Trinajstić information content (AvgIpc) is 3.21. The van der Waals surface area contributed by atoms with E-state index in [-0.39, 0.29) is 28.0 Å². The van der Waals surface area contributed by atoms with Crippen molar-refractivity contribution in [1.82, 2.24) is 4.98 Å². The number of carbonyl (C=O) groups excluding carboxylic acids is 1. The number of aromatic nitrogens is 1. The molecule has 3 N–H and O–H groups in total. The van der Waals surface area contributed by atoms with Crippen LogP contribution < -0.4 is 10.5 Å². The van der Waals surface area contributed by atoms with Crippen molar-refractivity contribution in [2.24, 2.45) is 5.73 Å². The summed E-state index contributed by atoms with van der Waals surface area (Å²) < 4.78 is 64.6. The van der Waals surface area contributed by atoms with Gasteiger partial charge in [-0.3, -0.25) is 4.79 Å². The number of hydrogen-bond acceptors (Lipinski definition) is 7. The number of hydrogen-bond donors (Lipinski definition) is 2. The van der Waals surface area contributed by atoms with Crippen molar-refractivity contribution in [3.8, 4) is 17.0 Å². The summed E-state index contributed by atoms with van der Waals surface area (Å²) in [5.41, 5.74) is 4.71. The number of carbonyl (C=O) groups is 1. The minimum atomic E-state index is -4.48. The van der Waals surface area contributed by atoms with E-state index in [9.17, 15) is 27.5 Å². The molecule has 2 aromatic carbocycles. The Kier molecular flexibility index (Phi) is 7.60. The van der Waals surface area contributed by atoms with Crippen molar-refractivity contribution in [1.29, 1.82) is 0 Å². The summed E-state index contributed by atoms with van der Waals surface area (Å²) in [7, 11) is 0. The van der Waals surface area contributed by atoms with Gasteiger partial charge in [-0.15, -0.1) is 11.8 Å². The van der Waals surface area contributed by atoms with Gasteiger partial charge >= 0.3 is 6.18 Å². The number of benzene rings is 2. The molecule has 0 saturated heterocycles. The van der Waals surface area contributed by atoms with Crippen LogP contribution in [0.2, 0.25) is 0 Å². The maximum Gasteiger partial charge on any atom is 0.416 e. The minimum absolute atomic E-state index is 0.120. The van der Waals surface area contributed by atoms with Gasteiger partial charge in [0.1, 0.15) is 5.69 Å². The highest BCUT2D eigenvalue weighted by atomic mass is 32.2. The highest BCUT2D eigenvalue weighted by Gasteiger charge is 2.31. The molecule has 0 aliphatic rings. The molecular weight excluding hydrogens is 484 g/mol. The van der Waals surface area contributed by atoms with Crippen molar-refractivity contribution in [3.63, 3.8) is 0 Å². The normalized spacial score (nSPS) is 12.6. The zero-order valence-corrected chi connectivity index (χ0v) is 18.9. The van der Waals surface area contributed by atoms with Crippen molar-refractivity contribution >= 4 is 29.4 Å². The van der Waals surface area contributed by atoms with Crippen molar-refractivity contribution < 1.29 is 36.6 Å². The molecule has 176 valence electrons. The van der Waals surface area contributed by atoms with Gasteiger partial charge in [0.05, 0.1) is 17.7 Å². The largest absolute Gasteiger partial charge is 0.475 e. The fourth-order valence-corrected chi connectivity index (χ4v) is 4.07. The predicted molar refractivity (Wildman–Crippen MR) is 116 cm³/mol. The molecule has 0 aliphatic heterocycles. The van der Waals surface area contributed by atoms with Gasteiger partial charge in [-0.2, -0.15) is 13.2 Å². The summed E-state index contributed by atoms with van der Waals surface area (Å²) >= 11 is 2.27. The molecule has 1 unspecified atom stereocenters. The summed E-state index contributed by atoms with van der Waals surface area (Å²) in [5.74, 6) is -2.44. The molecule has 0 saturated carbocycles. The maximum absolute atomic E-state index is 14.9. The van der Waals surface area contributed by atoms with Crippen molar-refractivity contribution in [2.45, 2.75) is 22.3 Å². The lowest BCUT2D eigenvalue weighted by Crippen LogP contribution is -2.17. The molecule has 0 spiro atoms. The first kappa shape index (κ1) is 24.9. The van der Waals surface area contributed by atoms with E-state index in [0.29, 0.717) is 10.5 Å². The molecule has 0 radical (unpaired) electrons. The lowest BCUT2D eigenvalue weighted by molar-refractivity contribution is -0.137. The molecule has 0 bridgehead atoms. The molecule has 1 atom stereocenters. The molecule has 6 nitrogen and oxygen atoms in total. The molecule has 1 amide bonds. The SMILES string of the molecule is CSc1ccc(OC(CO)c2nc(-c3ccc(C(F)(F)F)cc3)c(SC)o2)c(F)c1C(N)=O. The summed E-state index contributed by atoms with van der Waals surface area (Å²) in [6.07, 6.45) is -2.41. The second kappa shape index (κ2) is 10.1. The highest BCUT2D eigenvalue weighted by Crippen LogP contribution is 2.37. The van der Waals surface area contributed by atoms with Gasteiger partial charge in [-0.25, -0.2) is 9.37 Å². The van der Waals surface area contributed by atoms with Crippen LogP contribution in [0.4, 0.5) is 17.6 Å². The van der Waals surface area contributed by atoms with Crippen LogP contribution >= 0.6 is 23.5 Å². The van der Waals surface area contributed by atoms with E-state index < -0.39 is 36.2 Å². The standard InChI is InChI=1S/C21H18F4N2O4S2/c1-32-14-8-7-12(16(22)15(14)18(26)29)30-13(9-28)19-27-17(20(31-19)33-2)10-3-5-11(6-4-10)21(23,24)25/h3-8,13,28H,9H2,1-2H3,(H2,26,29). The lowest BCUT2D eigenvalue weighted by Gasteiger charge is -2.16. The van der Waals surface area contributed by atoms with E-state index >= 15 is 0 Å². The lowest BCUT2D eigenvalue weighted by atomic mass is 10.1. The second-order valence-electron chi connectivity index (χ2n) is 6.58. The number of aliphatic hydroxyl groups excluding tert-OH is 1. The van der Waals surface area contributed by atoms with Crippen LogP contribution in [0, 0.1) is 5.82 Å². The predicted octanol–water partition coefficient (Wildman–Crippen LogP) is 5.15. The van der Waals surface area contributed by atoms with Gasteiger partial charge in [0, 0.05) is 10.5 Å². The van der Waals surface area contributed by atoms with Crippen LogP contribution in [-0.4, -0.2) is 35.1 Å². The quantitative estimate of drug-likeness (QED) is 0.325. The number of alkyl halides is 3. The number of ether oxygens (including phenoxy) is 1. The van der Waals surface area contributed by atoms with Crippen LogP contribution in [0.15, 0.2) is 50.8 Å². The van der Waals surface area contributed by atoms with Crippen LogP contribution in [0.3, 0.4) is 0 Å². The smallest absolute Gasteiger partial charge is 0.416 e. The van der Waals surface area contributed by atoms with E-state index in [2.05, 4.69) is 4.98 Å². The maximum atomic E-state index is 14.9. The second-order valence-corrected chi connectivity index (χ2v) is 8.20. The fraction of sp³-hybridized carbons (Fsp3) is 0.238. The monoisotopic (exact) mass is 502 g/mol. The van der Waals surface area contributed by atoms with Gasteiger partial charge < -0.3 is 20.0 Å². The number of amides is 1. The number of primary amides is 1. The number of halogens is 4. The fourth-order valence-electron chi connectivity index (χ4n) is 2.95. The van der Waals surface area contributed by atoms with Gasteiger partial charge in [0.25, 0.3) is 5.91 Å². The van der Waals surface area contributed by atoms with Crippen LogP contribution in [0.25, 0.3) is 11.3 Å². The summed E-state index contributed by atoms with van der Waals surface area (Å²) in [6.45, 7) is -0.656. The number of rotatable bonds is 8. The van der Waals surface area contributed by atoms with Crippen LogP contribution in [0.1, 0.15) is 27.9 Å². The third-order valence-electron chi connectivity index (χ3n) is 4.53. The zero-order chi connectivity index (χ0) is 24.3. The molecule has 3 rings (SSSR count). The van der Waals surface area contributed by atoms with E-state index in [4.69, 9.17) is 14.9 Å². The van der Waals surface area contributed by atoms with Crippen LogP contribution in [-0.2, 0) is 6.18 Å². The van der Waals surface area contributed by atoms with Gasteiger partial charge in [-0.1, -0.05) is 23.9 Å². The minimum Gasteiger partial charge on any atom is -0.475 e. The van der Waals surface area contributed by atoms with Gasteiger partial charge in [0.2, 0.25) is 5.89 Å². The molecular formula is C21H18F4N2O4S2. The number of thioether (sulfide) groups is 2. The Hall–Kier alpha value is -2.70. The summed E-state index contributed by atoms with van der Waals surface area (Å²) in [4.78, 5) is 16.2. The topological polar surface area (TPSA) is 98.6 Å². The van der Waals surface area contributed by atoms with E-state index in [1.807, 2.05) is 0 Å². The Labute approximate surface area is 194 Å². The summed E-state index contributed by atoms with van der Waals surface area (Å²) in [6, 6.07) is 7.07. The molecule has 0 fully saturated rings. The van der Waals surface area contributed by atoms with E-state index in [0.717, 1.165) is 35.7 Å². The van der Waals surface area contributed by atoms with Crippen molar-refractivity contribution in [3.05, 3.63) is 59.2 Å². The first-order chi connectivity index (χ1) is 15.6. The molecule has 33 heavy (non-hydrogen) atoms. The molecule has 1 aromatic heterocycles. The van der Waals surface area contributed by atoms with Crippen molar-refractivity contribution in [2.75, 3.05) is 19.1 Å². The zero-order valence-electron chi connectivity index (χ0n) is 17.3. The number of nitrogens with two attached hydrogens (primary N) is 1. The Morgan fingerprint density at radius 3 is 2.36 bits per heavy atom. The summed E-state index contributed by atoms with van der Waals surface area (Å²) in [5, 5.41) is 10.1. The van der Waals surface area contributed by atoms with Gasteiger partial charge in [0.15, 0.2) is 22.8 Å². The molecule has 12 heteroatoms. The number of aliphatic hydroxyl groups is 1. The third kappa shape index (κ3) is 5.28. The van der Waals surface area contributed by atoms with Gasteiger partial charge in [-0.05, 0) is 36.8 Å². The molecule has 3 aromatic rings. The van der Waals surface area contributed by atoms with E-state index in [1.54, 1.807) is 12.5 Å². The third-order valence-corrected chi connectivity index (χ3v) is 5.96. The first-order valence-corrected chi connectivity index (χ1v) is 11.7.